The molecular weight excluding hydrogens is 318 g/mol. The Morgan fingerprint density at radius 2 is 1.60 bits per heavy atom. The van der Waals surface area contributed by atoms with Crippen LogP contribution in [0.5, 0.6) is 5.75 Å². The van der Waals surface area contributed by atoms with Crippen LogP contribution in [0.25, 0.3) is 5.57 Å². The van der Waals surface area contributed by atoms with E-state index >= 15 is 0 Å². The SMILES string of the molecule is CCN1/C(=C/C=C2\C(=O)OC(=O)c3ccccc32)Oc2ccccc21. The number of rotatable bonds is 2. The second-order valence-corrected chi connectivity index (χ2v) is 5.62. The molecule has 2 aliphatic rings. The van der Waals surface area contributed by atoms with Crippen LogP contribution in [0.1, 0.15) is 22.8 Å². The third kappa shape index (κ3) is 2.50. The van der Waals surface area contributed by atoms with Gasteiger partial charge in [-0.3, -0.25) is 0 Å². The summed E-state index contributed by atoms with van der Waals surface area (Å²) in [5.41, 5.74) is 2.27. The van der Waals surface area contributed by atoms with E-state index in [9.17, 15) is 9.59 Å². The van der Waals surface area contributed by atoms with E-state index < -0.39 is 11.9 Å². The van der Waals surface area contributed by atoms with Crippen molar-refractivity contribution in [1.29, 1.82) is 0 Å². The van der Waals surface area contributed by atoms with Gasteiger partial charge in [-0.25, -0.2) is 9.59 Å². The number of ether oxygens (including phenoxy) is 2. The minimum Gasteiger partial charge on any atom is -0.439 e. The molecule has 0 unspecified atom stereocenters. The fourth-order valence-corrected chi connectivity index (χ4v) is 3.02. The van der Waals surface area contributed by atoms with Crippen LogP contribution in [0.3, 0.4) is 0 Å². The lowest BCUT2D eigenvalue weighted by atomic mass is 9.97. The van der Waals surface area contributed by atoms with Gasteiger partial charge in [-0.2, -0.15) is 0 Å². The van der Waals surface area contributed by atoms with E-state index in [4.69, 9.17) is 9.47 Å². The number of fused-ring (bicyclic) bond motifs is 2. The maximum absolute atomic E-state index is 12.1. The molecule has 2 heterocycles. The Labute approximate surface area is 144 Å². The number of carbonyl (C=O) groups excluding carboxylic acids is 2. The number of esters is 2. The number of benzene rings is 2. The molecule has 4 rings (SSSR count). The molecule has 25 heavy (non-hydrogen) atoms. The van der Waals surface area contributed by atoms with Crippen molar-refractivity contribution < 1.29 is 19.1 Å². The van der Waals surface area contributed by atoms with Crippen LogP contribution in [0.15, 0.2) is 66.6 Å². The molecule has 0 radical (unpaired) electrons. The lowest BCUT2D eigenvalue weighted by Crippen LogP contribution is -2.22. The van der Waals surface area contributed by atoms with Crippen LogP contribution in [-0.2, 0) is 9.53 Å². The molecule has 5 heteroatoms. The Morgan fingerprint density at radius 1 is 0.880 bits per heavy atom. The van der Waals surface area contributed by atoms with Gasteiger partial charge in [0, 0.05) is 12.1 Å². The highest BCUT2D eigenvalue weighted by molar-refractivity contribution is 6.26. The third-order valence-corrected chi connectivity index (χ3v) is 4.19. The van der Waals surface area contributed by atoms with Crippen molar-refractivity contribution in [1.82, 2.24) is 0 Å². The highest BCUT2D eigenvalue weighted by Gasteiger charge is 2.29. The van der Waals surface area contributed by atoms with E-state index in [2.05, 4.69) is 0 Å². The van der Waals surface area contributed by atoms with Gasteiger partial charge in [-0.1, -0.05) is 30.3 Å². The second kappa shape index (κ2) is 5.94. The molecule has 0 aliphatic carbocycles. The molecular formula is C20H15NO4. The number of cyclic esters (lactones) is 2. The van der Waals surface area contributed by atoms with Gasteiger partial charge in [0.15, 0.2) is 5.75 Å². The summed E-state index contributed by atoms with van der Waals surface area (Å²) in [7, 11) is 0. The van der Waals surface area contributed by atoms with Gasteiger partial charge in [0.25, 0.3) is 0 Å². The fraction of sp³-hybridized carbons (Fsp3) is 0.100. The number of carbonyl (C=O) groups is 2. The summed E-state index contributed by atoms with van der Waals surface area (Å²) >= 11 is 0. The lowest BCUT2D eigenvalue weighted by molar-refractivity contribution is -0.131. The molecule has 2 aromatic carbocycles. The zero-order chi connectivity index (χ0) is 17.4. The van der Waals surface area contributed by atoms with Crippen molar-refractivity contribution in [3.63, 3.8) is 0 Å². The van der Waals surface area contributed by atoms with Gasteiger partial charge in [0.1, 0.15) is 0 Å². The average Bonchev–Trinajstić information content (AvgIpc) is 2.99. The Kier molecular flexibility index (Phi) is 3.61. The molecule has 2 aliphatic heterocycles. The molecule has 5 nitrogen and oxygen atoms in total. The fourth-order valence-electron chi connectivity index (χ4n) is 3.02. The topological polar surface area (TPSA) is 55.8 Å². The van der Waals surface area contributed by atoms with E-state index in [1.54, 1.807) is 36.4 Å². The molecule has 0 fully saturated rings. The second-order valence-electron chi connectivity index (χ2n) is 5.62. The van der Waals surface area contributed by atoms with Gasteiger partial charge >= 0.3 is 11.9 Å². The highest BCUT2D eigenvalue weighted by Crippen LogP contribution is 2.38. The maximum Gasteiger partial charge on any atom is 0.346 e. The van der Waals surface area contributed by atoms with Crippen LogP contribution in [0.4, 0.5) is 5.69 Å². The molecule has 0 spiro atoms. The normalized spacial score (nSPS) is 18.8. The lowest BCUT2D eigenvalue weighted by Gasteiger charge is -2.17. The molecule has 0 atom stereocenters. The number of anilines is 1. The maximum atomic E-state index is 12.1. The first kappa shape index (κ1) is 15.2. The summed E-state index contributed by atoms with van der Waals surface area (Å²) in [6.07, 6.45) is 3.37. The smallest absolute Gasteiger partial charge is 0.346 e. The Hall–Kier alpha value is -3.34. The largest absolute Gasteiger partial charge is 0.439 e. The Balaban J connectivity index is 1.75. The van der Waals surface area contributed by atoms with Gasteiger partial charge in [0.05, 0.1) is 16.8 Å². The molecule has 0 saturated carbocycles. The molecule has 124 valence electrons. The number of hydrogen-bond acceptors (Lipinski definition) is 5. The van der Waals surface area contributed by atoms with Crippen molar-refractivity contribution in [2.45, 2.75) is 6.92 Å². The summed E-state index contributed by atoms with van der Waals surface area (Å²) in [6, 6.07) is 14.6. The van der Waals surface area contributed by atoms with Gasteiger partial charge in [-0.05, 0) is 37.3 Å². The van der Waals surface area contributed by atoms with Crippen LogP contribution in [0.2, 0.25) is 0 Å². The molecule has 0 N–H and O–H groups in total. The summed E-state index contributed by atoms with van der Waals surface area (Å²) < 4.78 is 10.7. The molecule has 0 saturated heterocycles. The van der Waals surface area contributed by atoms with Crippen LogP contribution >= 0.6 is 0 Å². The number of nitrogens with zero attached hydrogens (tertiary/aromatic N) is 1. The number of para-hydroxylation sites is 2. The van der Waals surface area contributed by atoms with E-state index in [0.29, 0.717) is 22.6 Å². The van der Waals surface area contributed by atoms with Crippen LogP contribution in [0, 0.1) is 0 Å². The molecule has 0 bridgehead atoms. The Bertz CT molecular complexity index is 942. The van der Waals surface area contributed by atoms with Crippen molar-refractivity contribution in [2.75, 3.05) is 11.4 Å². The first-order chi connectivity index (χ1) is 12.2. The van der Waals surface area contributed by atoms with Crippen molar-refractivity contribution >= 4 is 23.2 Å². The highest BCUT2D eigenvalue weighted by atomic mass is 16.6. The van der Waals surface area contributed by atoms with E-state index in [-0.39, 0.29) is 0 Å². The van der Waals surface area contributed by atoms with E-state index in [1.807, 2.05) is 36.1 Å². The zero-order valence-corrected chi connectivity index (χ0v) is 13.6. The third-order valence-electron chi connectivity index (χ3n) is 4.19. The van der Waals surface area contributed by atoms with E-state index in [1.165, 1.54) is 0 Å². The van der Waals surface area contributed by atoms with Crippen LogP contribution < -0.4 is 9.64 Å². The summed E-state index contributed by atoms with van der Waals surface area (Å²) in [4.78, 5) is 26.0. The monoisotopic (exact) mass is 333 g/mol. The first-order valence-corrected chi connectivity index (χ1v) is 8.01. The minimum atomic E-state index is -0.654. The van der Waals surface area contributed by atoms with Gasteiger partial charge < -0.3 is 14.4 Å². The van der Waals surface area contributed by atoms with Crippen molar-refractivity contribution in [3.8, 4) is 5.75 Å². The summed E-state index contributed by atoms with van der Waals surface area (Å²) in [5, 5.41) is 0. The predicted molar refractivity (Wildman–Crippen MR) is 93.0 cm³/mol. The van der Waals surface area contributed by atoms with Crippen molar-refractivity contribution in [2.24, 2.45) is 0 Å². The van der Waals surface area contributed by atoms with Crippen LogP contribution in [-0.4, -0.2) is 18.5 Å². The van der Waals surface area contributed by atoms with Gasteiger partial charge in [0.2, 0.25) is 5.88 Å². The quantitative estimate of drug-likeness (QED) is 0.478. The van der Waals surface area contributed by atoms with Gasteiger partial charge in [-0.15, -0.1) is 0 Å². The van der Waals surface area contributed by atoms with Crippen molar-refractivity contribution in [3.05, 3.63) is 77.7 Å². The number of allylic oxidation sites excluding steroid dienone is 2. The summed E-state index contributed by atoms with van der Waals surface area (Å²) in [6.45, 7) is 2.75. The molecule has 0 aromatic heterocycles. The molecule has 2 aromatic rings. The first-order valence-electron chi connectivity index (χ1n) is 8.01. The standard InChI is InChI=1S/C20H15NO4/c1-2-21-16-9-5-6-10-17(16)24-18(21)12-11-15-13-7-3-4-8-14(13)19(22)25-20(15)23/h3-12H,2H2,1H3/b15-11-,18-12-. The Morgan fingerprint density at radius 3 is 2.40 bits per heavy atom. The predicted octanol–water partition coefficient (Wildman–Crippen LogP) is 3.53. The number of hydrogen-bond donors (Lipinski definition) is 0. The zero-order valence-electron chi connectivity index (χ0n) is 13.6. The minimum absolute atomic E-state index is 0.332. The summed E-state index contributed by atoms with van der Waals surface area (Å²) in [5.74, 6) is 0.124. The average molecular weight is 333 g/mol. The molecule has 0 amide bonds. The van der Waals surface area contributed by atoms with E-state index in [0.717, 1.165) is 18.0 Å².